The maximum atomic E-state index is 9.71. The van der Waals surface area contributed by atoms with Gasteiger partial charge < -0.3 is 15.3 Å². The molecule has 2 rings (SSSR count). The summed E-state index contributed by atoms with van der Waals surface area (Å²) in [4.78, 5) is 10.5. The molecule has 0 amide bonds. The number of rotatable bonds is 2. The van der Waals surface area contributed by atoms with Gasteiger partial charge in [0, 0.05) is 20.1 Å². The molecule has 0 radical (unpaired) electrons. The molecule has 0 aliphatic carbocycles. The van der Waals surface area contributed by atoms with Gasteiger partial charge in [0.15, 0.2) is 5.82 Å². The van der Waals surface area contributed by atoms with Gasteiger partial charge in [0.2, 0.25) is 5.95 Å². The average Bonchev–Trinajstić information content (AvgIpc) is 2.33. The maximum Gasteiger partial charge on any atom is 0.224 e. The van der Waals surface area contributed by atoms with Crippen LogP contribution in [0.2, 0.25) is 5.02 Å². The van der Waals surface area contributed by atoms with Gasteiger partial charge in [-0.1, -0.05) is 18.5 Å². The van der Waals surface area contributed by atoms with Crippen LogP contribution in [-0.4, -0.2) is 41.3 Å². The predicted molar refractivity (Wildman–Crippen MR) is 68.6 cm³/mol. The summed E-state index contributed by atoms with van der Waals surface area (Å²) in [6.45, 7) is 3.57. The van der Waals surface area contributed by atoms with Gasteiger partial charge in [0.05, 0.1) is 12.3 Å². The van der Waals surface area contributed by atoms with Crippen molar-refractivity contribution in [2.75, 3.05) is 30.4 Å². The average molecular weight is 257 g/mol. The Hall–Kier alpha value is -1.07. The molecular formula is C11H17ClN4O. The van der Waals surface area contributed by atoms with Crippen molar-refractivity contribution in [2.45, 2.75) is 19.4 Å². The Morgan fingerprint density at radius 2 is 2.35 bits per heavy atom. The van der Waals surface area contributed by atoms with Crippen molar-refractivity contribution in [3.8, 4) is 0 Å². The van der Waals surface area contributed by atoms with E-state index in [-0.39, 0.29) is 12.0 Å². The Morgan fingerprint density at radius 3 is 3.00 bits per heavy atom. The zero-order valence-electron chi connectivity index (χ0n) is 10.0. The molecule has 2 atom stereocenters. The lowest BCUT2D eigenvalue weighted by Gasteiger charge is -2.35. The molecule has 1 aliphatic rings. The van der Waals surface area contributed by atoms with Crippen LogP contribution in [0.15, 0.2) is 6.20 Å². The number of aliphatic hydroxyl groups is 1. The minimum Gasteiger partial charge on any atom is -0.393 e. The molecular weight excluding hydrogens is 240 g/mol. The smallest absolute Gasteiger partial charge is 0.224 e. The molecule has 1 aliphatic heterocycles. The van der Waals surface area contributed by atoms with Crippen molar-refractivity contribution in [1.82, 2.24) is 9.97 Å². The van der Waals surface area contributed by atoms with Crippen LogP contribution in [0.4, 0.5) is 11.8 Å². The molecule has 94 valence electrons. The van der Waals surface area contributed by atoms with E-state index in [0.29, 0.717) is 11.0 Å². The second kappa shape index (κ2) is 5.06. The van der Waals surface area contributed by atoms with E-state index >= 15 is 0 Å². The molecule has 1 saturated heterocycles. The molecule has 1 aromatic heterocycles. The summed E-state index contributed by atoms with van der Waals surface area (Å²) in [5.41, 5.74) is 0. The van der Waals surface area contributed by atoms with Crippen molar-refractivity contribution in [1.29, 1.82) is 0 Å². The van der Waals surface area contributed by atoms with Crippen molar-refractivity contribution >= 4 is 23.4 Å². The fourth-order valence-corrected chi connectivity index (χ4v) is 2.24. The number of anilines is 2. The lowest BCUT2D eigenvalue weighted by atomic mass is 9.97. The molecule has 0 spiro atoms. The normalized spacial score (nSPS) is 24.8. The molecule has 0 aromatic carbocycles. The standard InChI is InChI=1S/C11H17ClN4O/c1-7-6-16(4-3-9(7)17)10-8(12)5-14-11(13-2)15-10/h5,7,9,17H,3-4,6H2,1-2H3,(H,13,14,15). The monoisotopic (exact) mass is 256 g/mol. The van der Waals surface area contributed by atoms with Gasteiger partial charge in [-0.2, -0.15) is 4.98 Å². The Kier molecular flexibility index (Phi) is 3.69. The van der Waals surface area contributed by atoms with Crippen LogP contribution in [0.5, 0.6) is 0 Å². The van der Waals surface area contributed by atoms with Crippen molar-refractivity contribution in [3.05, 3.63) is 11.2 Å². The molecule has 1 aromatic rings. The molecule has 5 nitrogen and oxygen atoms in total. The summed E-state index contributed by atoms with van der Waals surface area (Å²) in [5, 5.41) is 13.2. The number of nitrogens with one attached hydrogen (secondary N) is 1. The van der Waals surface area contributed by atoms with Gasteiger partial charge >= 0.3 is 0 Å². The first-order valence-electron chi connectivity index (χ1n) is 5.75. The predicted octanol–water partition coefficient (Wildman–Crippen LogP) is 1.38. The Labute approximate surface area is 106 Å². The number of nitrogens with zero attached hydrogens (tertiary/aromatic N) is 3. The van der Waals surface area contributed by atoms with Gasteiger partial charge in [-0.25, -0.2) is 4.98 Å². The summed E-state index contributed by atoms with van der Waals surface area (Å²) < 4.78 is 0. The van der Waals surface area contributed by atoms with E-state index in [1.54, 1.807) is 13.2 Å². The molecule has 2 unspecified atom stereocenters. The highest BCUT2D eigenvalue weighted by atomic mass is 35.5. The molecule has 0 saturated carbocycles. The third-order valence-electron chi connectivity index (χ3n) is 3.11. The van der Waals surface area contributed by atoms with E-state index in [9.17, 15) is 5.11 Å². The number of hydrogen-bond acceptors (Lipinski definition) is 5. The lowest BCUT2D eigenvalue weighted by molar-refractivity contribution is 0.0969. The van der Waals surface area contributed by atoms with Crippen LogP contribution in [0.1, 0.15) is 13.3 Å². The number of aliphatic hydroxyl groups excluding tert-OH is 1. The molecule has 17 heavy (non-hydrogen) atoms. The number of piperidine rings is 1. The lowest BCUT2D eigenvalue weighted by Crippen LogP contribution is -2.42. The first-order chi connectivity index (χ1) is 8.11. The Balaban J connectivity index is 2.21. The zero-order valence-corrected chi connectivity index (χ0v) is 10.8. The van der Waals surface area contributed by atoms with Crippen molar-refractivity contribution < 1.29 is 5.11 Å². The second-order valence-corrected chi connectivity index (χ2v) is 4.80. The molecule has 6 heteroatoms. The molecule has 2 heterocycles. The van der Waals surface area contributed by atoms with E-state index in [4.69, 9.17) is 11.6 Å². The van der Waals surface area contributed by atoms with Crippen molar-refractivity contribution in [2.24, 2.45) is 5.92 Å². The molecule has 0 bridgehead atoms. The first-order valence-corrected chi connectivity index (χ1v) is 6.13. The Morgan fingerprint density at radius 1 is 1.59 bits per heavy atom. The fraction of sp³-hybridized carbons (Fsp3) is 0.636. The third kappa shape index (κ3) is 2.61. The summed E-state index contributed by atoms with van der Waals surface area (Å²) in [6.07, 6.45) is 2.12. The Bertz CT molecular complexity index is 401. The van der Waals surface area contributed by atoms with E-state index in [0.717, 1.165) is 25.3 Å². The highest BCUT2D eigenvalue weighted by Gasteiger charge is 2.26. The van der Waals surface area contributed by atoms with Gasteiger partial charge in [0.1, 0.15) is 5.02 Å². The van der Waals surface area contributed by atoms with Crippen LogP contribution in [0.25, 0.3) is 0 Å². The zero-order chi connectivity index (χ0) is 12.4. The number of hydrogen-bond donors (Lipinski definition) is 2. The van der Waals surface area contributed by atoms with Gasteiger partial charge in [-0.05, 0) is 12.3 Å². The summed E-state index contributed by atoms with van der Waals surface area (Å²) >= 11 is 6.11. The van der Waals surface area contributed by atoms with Gasteiger partial charge in [-0.3, -0.25) is 0 Å². The highest BCUT2D eigenvalue weighted by molar-refractivity contribution is 6.32. The van der Waals surface area contributed by atoms with Gasteiger partial charge in [0.25, 0.3) is 0 Å². The van der Waals surface area contributed by atoms with E-state index in [2.05, 4.69) is 20.2 Å². The van der Waals surface area contributed by atoms with Crippen LogP contribution in [0, 0.1) is 5.92 Å². The topological polar surface area (TPSA) is 61.3 Å². The van der Waals surface area contributed by atoms with E-state index in [1.807, 2.05) is 6.92 Å². The maximum absolute atomic E-state index is 9.71. The van der Waals surface area contributed by atoms with Crippen molar-refractivity contribution in [3.63, 3.8) is 0 Å². The second-order valence-electron chi connectivity index (χ2n) is 4.39. The highest BCUT2D eigenvalue weighted by Crippen LogP contribution is 2.28. The summed E-state index contributed by atoms with van der Waals surface area (Å²) in [5.74, 6) is 1.53. The molecule has 1 fully saturated rings. The van der Waals surface area contributed by atoms with Crippen LogP contribution >= 0.6 is 11.6 Å². The SMILES string of the molecule is CNc1ncc(Cl)c(N2CCC(O)C(C)C2)n1. The van der Waals surface area contributed by atoms with E-state index in [1.165, 1.54) is 0 Å². The van der Waals surface area contributed by atoms with Crippen LogP contribution in [0.3, 0.4) is 0 Å². The summed E-state index contributed by atoms with van der Waals surface area (Å²) in [6, 6.07) is 0. The first kappa shape index (κ1) is 12.4. The third-order valence-corrected chi connectivity index (χ3v) is 3.38. The largest absolute Gasteiger partial charge is 0.393 e. The van der Waals surface area contributed by atoms with Crippen LogP contribution < -0.4 is 10.2 Å². The fourth-order valence-electron chi connectivity index (χ4n) is 2.03. The summed E-state index contributed by atoms with van der Waals surface area (Å²) in [7, 11) is 1.77. The number of aromatic nitrogens is 2. The minimum absolute atomic E-state index is 0.226. The van der Waals surface area contributed by atoms with E-state index < -0.39 is 0 Å². The quantitative estimate of drug-likeness (QED) is 0.837. The minimum atomic E-state index is -0.226. The molecule has 2 N–H and O–H groups in total. The van der Waals surface area contributed by atoms with Crippen LogP contribution in [-0.2, 0) is 0 Å². The van der Waals surface area contributed by atoms with Gasteiger partial charge in [-0.15, -0.1) is 0 Å². The number of halogens is 1.